The summed E-state index contributed by atoms with van der Waals surface area (Å²) in [4.78, 5) is 49.2. The molecule has 150 valence electrons. The number of hydrogen-bond donors (Lipinski definition) is 2. The molecule has 4 amide bonds. The lowest BCUT2D eigenvalue weighted by molar-refractivity contribution is -0.384. The summed E-state index contributed by atoms with van der Waals surface area (Å²) in [6.07, 6.45) is 0. The topological polar surface area (TPSA) is 122 Å². The molecule has 29 heavy (non-hydrogen) atoms. The lowest BCUT2D eigenvalue weighted by atomic mass is 9.92. The fraction of sp³-hybridized carbons (Fsp3) is 0.250. The first-order chi connectivity index (χ1) is 13.6. The van der Waals surface area contributed by atoms with Crippen molar-refractivity contribution in [3.8, 4) is 0 Å². The third-order valence-electron chi connectivity index (χ3n) is 5.01. The Labute approximate surface area is 166 Å². The lowest BCUT2D eigenvalue weighted by Crippen LogP contribution is -2.42. The van der Waals surface area contributed by atoms with E-state index in [2.05, 4.69) is 10.6 Å². The van der Waals surface area contributed by atoms with Crippen LogP contribution in [0.5, 0.6) is 0 Å². The van der Waals surface area contributed by atoms with Crippen LogP contribution in [0.15, 0.2) is 42.5 Å². The Kier molecular flexibility index (Phi) is 5.06. The fourth-order valence-electron chi connectivity index (χ4n) is 3.19. The second-order valence-corrected chi connectivity index (χ2v) is 7.07. The van der Waals surface area contributed by atoms with Crippen molar-refractivity contribution < 1.29 is 19.3 Å². The Balaban J connectivity index is 1.80. The summed E-state index contributed by atoms with van der Waals surface area (Å²) in [5.41, 5.74) is 0.533. The maximum atomic E-state index is 12.9. The standard InChI is InChI=1S/C20H20N4O5/c1-12-9-15(16(24(28)29)10-13(12)2)21-17(25)11-23-18(26)20(3,22-19(23)27)14-7-5-4-6-8-14/h4-10H,11H2,1-3H3,(H,21,25)(H,22,27)/t20-/m0/s1. The van der Waals surface area contributed by atoms with Gasteiger partial charge in [-0.25, -0.2) is 4.79 Å². The summed E-state index contributed by atoms with van der Waals surface area (Å²) < 4.78 is 0. The number of nitrogens with zero attached hydrogens (tertiary/aromatic N) is 2. The van der Waals surface area contributed by atoms with Crippen LogP contribution in [0.4, 0.5) is 16.2 Å². The minimum atomic E-state index is -1.29. The lowest BCUT2D eigenvalue weighted by Gasteiger charge is -2.22. The maximum absolute atomic E-state index is 12.9. The molecule has 2 aromatic rings. The van der Waals surface area contributed by atoms with Crippen LogP contribution in [-0.2, 0) is 15.1 Å². The molecule has 0 saturated carbocycles. The highest BCUT2D eigenvalue weighted by atomic mass is 16.6. The van der Waals surface area contributed by atoms with Crippen molar-refractivity contribution in [3.63, 3.8) is 0 Å². The third kappa shape index (κ3) is 3.66. The van der Waals surface area contributed by atoms with Gasteiger partial charge in [-0.3, -0.25) is 24.6 Å². The Hall–Kier alpha value is -3.75. The van der Waals surface area contributed by atoms with E-state index >= 15 is 0 Å². The Morgan fingerprint density at radius 1 is 1.17 bits per heavy atom. The monoisotopic (exact) mass is 396 g/mol. The summed E-state index contributed by atoms with van der Waals surface area (Å²) in [5, 5.41) is 16.3. The number of urea groups is 1. The SMILES string of the molecule is Cc1cc(NC(=O)CN2C(=O)N[C@@](C)(c3ccccc3)C2=O)c([N+](=O)[O-])cc1C. The minimum Gasteiger partial charge on any atom is -0.319 e. The summed E-state index contributed by atoms with van der Waals surface area (Å²) >= 11 is 0. The molecule has 1 fully saturated rings. The summed E-state index contributed by atoms with van der Waals surface area (Å²) in [6.45, 7) is 4.49. The Morgan fingerprint density at radius 2 is 1.79 bits per heavy atom. The smallest absolute Gasteiger partial charge is 0.319 e. The van der Waals surface area contributed by atoms with E-state index in [9.17, 15) is 24.5 Å². The number of carbonyl (C=O) groups excluding carboxylic acids is 3. The molecule has 0 unspecified atom stereocenters. The third-order valence-corrected chi connectivity index (χ3v) is 5.01. The molecule has 0 radical (unpaired) electrons. The van der Waals surface area contributed by atoms with Crippen molar-refractivity contribution in [1.29, 1.82) is 0 Å². The van der Waals surface area contributed by atoms with E-state index in [-0.39, 0.29) is 11.4 Å². The van der Waals surface area contributed by atoms with Crippen molar-refractivity contribution in [2.75, 3.05) is 11.9 Å². The first-order valence-corrected chi connectivity index (χ1v) is 8.88. The first-order valence-electron chi connectivity index (χ1n) is 8.88. The normalized spacial score (nSPS) is 18.5. The van der Waals surface area contributed by atoms with Crippen LogP contribution >= 0.6 is 0 Å². The number of nitro groups is 1. The summed E-state index contributed by atoms with van der Waals surface area (Å²) in [6, 6.07) is 10.8. The van der Waals surface area contributed by atoms with E-state index < -0.39 is 34.9 Å². The van der Waals surface area contributed by atoms with Crippen LogP contribution in [-0.4, -0.2) is 34.2 Å². The van der Waals surface area contributed by atoms with Crippen molar-refractivity contribution in [2.24, 2.45) is 0 Å². The molecule has 1 heterocycles. The predicted molar refractivity (Wildman–Crippen MR) is 105 cm³/mol. The quantitative estimate of drug-likeness (QED) is 0.457. The second-order valence-electron chi connectivity index (χ2n) is 7.07. The first kappa shape index (κ1) is 20.0. The largest absolute Gasteiger partial charge is 0.325 e. The number of nitro benzene ring substituents is 1. The van der Waals surface area contributed by atoms with Gasteiger partial charge in [0.25, 0.3) is 11.6 Å². The van der Waals surface area contributed by atoms with Gasteiger partial charge in [0.2, 0.25) is 5.91 Å². The number of rotatable bonds is 5. The zero-order chi connectivity index (χ0) is 21.3. The van der Waals surface area contributed by atoms with Gasteiger partial charge in [-0.15, -0.1) is 0 Å². The number of carbonyl (C=O) groups is 3. The van der Waals surface area contributed by atoms with Crippen molar-refractivity contribution in [2.45, 2.75) is 26.3 Å². The van der Waals surface area contributed by atoms with Crippen LogP contribution in [0.1, 0.15) is 23.6 Å². The Morgan fingerprint density at radius 3 is 2.41 bits per heavy atom. The van der Waals surface area contributed by atoms with Gasteiger partial charge in [-0.2, -0.15) is 0 Å². The average Bonchev–Trinajstić information content (AvgIpc) is 2.89. The molecule has 0 aliphatic carbocycles. The van der Waals surface area contributed by atoms with Gasteiger partial charge in [0.15, 0.2) is 0 Å². The number of benzene rings is 2. The molecule has 1 saturated heterocycles. The Bertz CT molecular complexity index is 1020. The van der Waals surface area contributed by atoms with Gasteiger partial charge in [-0.05, 0) is 43.5 Å². The van der Waals surface area contributed by atoms with Crippen molar-refractivity contribution in [3.05, 3.63) is 69.3 Å². The molecule has 2 aromatic carbocycles. The number of anilines is 1. The molecule has 1 aliphatic heterocycles. The van der Waals surface area contributed by atoms with Gasteiger partial charge in [-0.1, -0.05) is 30.3 Å². The van der Waals surface area contributed by atoms with Crippen LogP contribution in [0.3, 0.4) is 0 Å². The molecule has 2 N–H and O–H groups in total. The van der Waals surface area contributed by atoms with E-state index in [0.29, 0.717) is 11.1 Å². The number of amides is 4. The molecule has 3 rings (SSSR count). The molecular formula is C20H20N4O5. The van der Waals surface area contributed by atoms with Gasteiger partial charge < -0.3 is 10.6 Å². The van der Waals surface area contributed by atoms with E-state index in [0.717, 1.165) is 10.5 Å². The second kappa shape index (κ2) is 7.34. The molecular weight excluding hydrogens is 376 g/mol. The van der Waals surface area contributed by atoms with E-state index in [4.69, 9.17) is 0 Å². The molecule has 0 aromatic heterocycles. The van der Waals surface area contributed by atoms with E-state index in [1.165, 1.54) is 12.1 Å². The minimum absolute atomic E-state index is 0.0148. The van der Waals surface area contributed by atoms with Gasteiger partial charge >= 0.3 is 6.03 Å². The molecule has 9 heteroatoms. The summed E-state index contributed by atoms with van der Waals surface area (Å²) in [5.74, 6) is -1.28. The molecule has 0 spiro atoms. The number of imide groups is 1. The average molecular weight is 396 g/mol. The number of aryl methyl sites for hydroxylation is 2. The highest BCUT2D eigenvalue weighted by molar-refractivity contribution is 6.10. The van der Waals surface area contributed by atoms with Crippen molar-refractivity contribution in [1.82, 2.24) is 10.2 Å². The van der Waals surface area contributed by atoms with Crippen LogP contribution < -0.4 is 10.6 Å². The van der Waals surface area contributed by atoms with Gasteiger partial charge in [0.1, 0.15) is 17.8 Å². The van der Waals surface area contributed by atoms with Crippen molar-refractivity contribution >= 4 is 29.2 Å². The highest BCUT2D eigenvalue weighted by Gasteiger charge is 2.49. The van der Waals surface area contributed by atoms with E-state index in [1.54, 1.807) is 51.1 Å². The highest BCUT2D eigenvalue weighted by Crippen LogP contribution is 2.30. The molecule has 1 aliphatic rings. The molecule has 0 bridgehead atoms. The van der Waals surface area contributed by atoms with E-state index in [1.807, 2.05) is 0 Å². The van der Waals surface area contributed by atoms with Crippen LogP contribution in [0, 0.1) is 24.0 Å². The van der Waals surface area contributed by atoms with Crippen LogP contribution in [0.25, 0.3) is 0 Å². The molecule has 1 atom stereocenters. The van der Waals surface area contributed by atoms with Gasteiger partial charge in [0, 0.05) is 6.07 Å². The number of hydrogen-bond acceptors (Lipinski definition) is 5. The zero-order valence-corrected chi connectivity index (χ0v) is 16.2. The summed E-state index contributed by atoms with van der Waals surface area (Å²) in [7, 11) is 0. The predicted octanol–water partition coefficient (Wildman–Crippen LogP) is 2.62. The van der Waals surface area contributed by atoms with Crippen LogP contribution in [0.2, 0.25) is 0 Å². The van der Waals surface area contributed by atoms with Gasteiger partial charge in [0.05, 0.1) is 4.92 Å². The fourth-order valence-corrected chi connectivity index (χ4v) is 3.19. The molecule has 9 nitrogen and oxygen atoms in total. The maximum Gasteiger partial charge on any atom is 0.325 e. The number of nitrogens with one attached hydrogen (secondary N) is 2. The zero-order valence-electron chi connectivity index (χ0n) is 16.2.